The molecule has 0 saturated heterocycles. The lowest BCUT2D eigenvalue weighted by Gasteiger charge is -2.06. The number of carbonyl (C=O) groups is 2. The predicted molar refractivity (Wildman–Crippen MR) is 103 cm³/mol. The van der Waals surface area contributed by atoms with Crippen molar-refractivity contribution in [2.75, 3.05) is 7.11 Å². The lowest BCUT2D eigenvalue weighted by atomic mass is 10.1. The third kappa shape index (κ3) is 7.34. The molecule has 4 heteroatoms. The molecule has 0 aliphatic rings. The minimum atomic E-state index is -0.0399. The number of amides is 1. The molecule has 0 aliphatic carbocycles. The number of nitrogens with one attached hydrogen (secondary N) is 1. The van der Waals surface area contributed by atoms with E-state index in [0.29, 0.717) is 25.8 Å². The molecule has 0 saturated carbocycles. The highest BCUT2D eigenvalue weighted by atomic mass is 16.5. The van der Waals surface area contributed by atoms with Crippen molar-refractivity contribution in [1.29, 1.82) is 0 Å². The van der Waals surface area contributed by atoms with E-state index in [1.165, 1.54) is 5.56 Å². The Balaban J connectivity index is 1.60. The Morgan fingerprint density at radius 2 is 1.69 bits per heavy atom. The van der Waals surface area contributed by atoms with E-state index in [1.807, 2.05) is 60.7 Å². The minimum Gasteiger partial charge on any atom is -0.497 e. The summed E-state index contributed by atoms with van der Waals surface area (Å²) in [5.74, 6) is 0.810. The number of rotatable bonds is 10. The Labute approximate surface area is 154 Å². The van der Waals surface area contributed by atoms with Gasteiger partial charge in [-0.25, -0.2) is 0 Å². The van der Waals surface area contributed by atoms with Crippen LogP contribution in [0.2, 0.25) is 0 Å². The van der Waals surface area contributed by atoms with Crippen molar-refractivity contribution in [3.8, 4) is 5.75 Å². The van der Waals surface area contributed by atoms with Crippen molar-refractivity contribution in [3.63, 3.8) is 0 Å². The molecule has 0 aromatic heterocycles. The molecule has 26 heavy (non-hydrogen) atoms. The van der Waals surface area contributed by atoms with Crippen LogP contribution in [-0.4, -0.2) is 18.8 Å². The van der Waals surface area contributed by atoms with Gasteiger partial charge in [-0.05, 0) is 42.2 Å². The number of ketones is 1. The number of benzene rings is 2. The molecule has 2 rings (SSSR count). The van der Waals surface area contributed by atoms with Crippen molar-refractivity contribution in [2.24, 2.45) is 0 Å². The normalized spacial score (nSPS) is 10.7. The topological polar surface area (TPSA) is 55.4 Å². The standard InChI is InChI=1S/C22H25NO3/c1-26-21-15-13-19(14-16-21)17-23-22(25)12-6-11-20(24)10-5-9-18-7-3-2-4-8-18/h2-5,7-8,10,13-16H,6,9,11-12,17H2,1H3,(H,23,25)/b10-5+. The van der Waals surface area contributed by atoms with Gasteiger partial charge in [0.25, 0.3) is 0 Å². The van der Waals surface area contributed by atoms with Gasteiger partial charge >= 0.3 is 0 Å². The summed E-state index contributed by atoms with van der Waals surface area (Å²) in [6.45, 7) is 0.480. The van der Waals surface area contributed by atoms with Crippen LogP contribution in [0.15, 0.2) is 66.7 Å². The van der Waals surface area contributed by atoms with Gasteiger partial charge in [0.1, 0.15) is 5.75 Å². The van der Waals surface area contributed by atoms with Gasteiger partial charge in [-0.2, -0.15) is 0 Å². The lowest BCUT2D eigenvalue weighted by molar-refractivity contribution is -0.121. The number of methoxy groups -OCH3 is 1. The number of ether oxygens (including phenoxy) is 1. The quantitative estimate of drug-likeness (QED) is 0.662. The largest absolute Gasteiger partial charge is 0.497 e. The molecule has 2 aromatic carbocycles. The van der Waals surface area contributed by atoms with E-state index in [0.717, 1.165) is 17.7 Å². The van der Waals surface area contributed by atoms with Crippen LogP contribution in [0.1, 0.15) is 30.4 Å². The minimum absolute atomic E-state index is 0.0399. The molecular weight excluding hydrogens is 326 g/mol. The van der Waals surface area contributed by atoms with Gasteiger partial charge < -0.3 is 10.1 Å². The maximum absolute atomic E-state index is 11.9. The van der Waals surface area contributed by atoms with Gasteiger partial charge in [-0.3, -0.25) is 9.59 Å². The molecule has 0 atom stereocenters. The lowest BCUT2D eigenvalue weighted by Crippen LogP contribution is -2.22. The van der Waals surface area contributed by atoms with E-state index in [9.17, 15) is 9.59 Å². The average molecular weight is 351 g/mol. The highest BCUT2D eigenvalue weighted by Gasteiger charge is 2.04. The second kappa shape index (κ2) is 10.9. The predicted octanol–water partition coefficient (Wildman–Crippen LogP) is 3.85. The first-order valence-electron chi connectivity index (χ1n) is 8.80. The van der Waals surface area contributed by atoms with Gasteiger partial charge in [-0.15, -0.1) is 0 Å². The number of allylic oxidation sites excluding steroid dienone is 2. The Kier molecular flexibility index (Phi) is 8.13. The Morgan fingerprint density at radius 1 is 0.962 bits per heavy atom. The molecule has 0 spiro atoms. The van der Waals surface area contributed by atoms with Crippen LogP contribution in [0.4, 0.5) is 0 Å². The van der Waals surface area contributed by atoms with Crippen molar-refractivity contribution >= 4 is 11.7 Å². The Bertz CT molecular complexity index is 721. The zero-order valence-corrected chi connectivity index (χ0v) is 15.1. The maximum atomic E-state index is 11.9. The first-order valence-corrected chi connectivity index (χ1v) is 8.80. The average Bonchev–Trinajstić information content (AvgIpc) is 2.67. The molecule has 0 aliphatic heterocycles. The first-order chi connectivity index (χ1) is 12.7. The molecule has 0 fully saturated rings. The fourth-order valence-electron chi connectivity index (χ4n) is 2.48. The molecular formula is C22H25NO3. The molecule has 136 valence electrons. The number of hydrogen-bond donors (Lipinski definition) is 1. The molecule has 2 aromatic rings. The summed E-state index contributed by atoms with van der Waals surface area (Å²) >= 11 is 0. The summed E-state index contributed by atoms with van der Waals surface area (Å²) in [6.07, 6.45) is 5.54. The summed E-state index contributed by atoms with van der Waals surface area (Å²) in [5, 5.41) is 2.87. The zero-order valence-electron chi connectivity index (χ0n) is 15.1. The van der Waals surface area contributed by atoms with E-state index >= 15 is 0 Å². The summed E-state index contributed by atoms with van der Waals surface area (Å²) in [4.78, 5) is 23.7. The van der Waals surface area contributed by atoms with Gasteiger partial charge in [-0.1, -0.05) is 48.5 Å². The second-order valence-corrected chi connectivity index (χ2v) is 6.04. The zero-order chi connectivity index (χ0) is 18.6. The smallest absolute Gasteiger partial charge is 0.220 e. The molecule has 0 unspecified atom stereocenters. The van der Waals surface area contributed by atoms with Gasteiger partial charge in [0.05, 0.1) is 7.11 Å². The molecule has 0 heterocycles. The summed E-state index contributed by atoms with van der Waals surface area (Å²) in [7, 11) is 1.62. The van der Waals surface area contributed by atoms with Crippen LogP contribution in [-0.2, 0) is 22.6 Å². The fraction of sp³-hybridized carbons (Fsp3) is 0.273. The Hall–Kier alpha value is -2.88. The first kappa shape index (κ1) is 19.4. The highest BCUT2D eigenvalue weighted by molar-refractivity contribution is 5.90. The van der Waals surface area contributed by atoms with E-state index in [-0.39, 0.29) is 11.7 Å². The SMILES string of the molecule is COc1ccc(CNC(=O)CCCC(=O)/C=C/Cc2ccccc2)cc1. The van der Waals surface area contributed by atoms with Crippen molar-refractivity contribution < 1.29 is 14.3 Å². The third-order valence-electron chi connectivity index (χ3n) is 3.98. The van der Waals surface area contributed by atoms with Gasteiger partial charge in [0, 0.05) is 19.4 Å². The number of carbonyl (C=O) groups excluding carboxylic acids is 2. The van der Waals surface area contributed by atoms with Crippen LogP contribution in [0, 0.1) is 0 Å². The van der Waals surface area contributed by atoms with E-state index in [1.54, 1.807) is 13.2 Å². The highest BCUT2D eigenvalue weighted by Crippen LogP contribution is 2.11. The van der Waals surface area contributed by atoms with E-state index in [2.05, 4.69) is 5.32 Å². The third-order valence-corrected chi connectivity index (χ3v) is 3.98. The maximum Gasteiger partial charge on any atom is 0.220 e. The monoisotopic (exact) mass is 351 g/mol. The molecule has 0 radical (unpaired) electrons. The molecule has 4 nitrogen and oxygen atoms in total. The molecule has 1 amide bonds. The molecule has 1 N–H and O–H groups in total. The summed E-state index contributed by atoms with van der Waals surface area (Å²) in [5.41, 5.74) is 2.19. The number of hydrogen-bond acceptors (Lipinski definition) is 3. The van der Waals surface area contributed by atoms with Crippen LogP contribution < -0.4 is 10.1 Å². The Morgan fingerprint density at radius 3 is 2.38 bits per heavy atom. The second-order valence-electron chi connectivity index (χ2n) is 6.04. The van der Waals surface area contributed by atoms with Gasteiger partial charge in [0.15, 0.2) is 5.78 Å². The summed E-state index contributed by atoms with van der Waals surface area (Å²) < 4.78 is 5.10. The van der Waals surface area contributed by atoms with Crippen LogP contribution in [0.25, 0.3) is 0 Å². The van der Waals surface area contributed by atoms with Crippen molar-refractivity contribution in [1.82, 2.24) is 5.32 Å². The van der Waals surface area contributed by atoms with Crippen LogP contribution >= 0.6 is 0 Å². The van der Waals surface area contributed by atoms with Crippen molar-refractivity contribution in [2.45, 2.75) is 32.2 Å². The van der Waals surface area contributed by atoms with E-state index in [4.69, 9.17) is 4.74 Å². The summed E-state index contributed by atoms with van der Waals surface area (Å²) in [6, 6.07) is 17.6. The van der Waals surface area contributed by atoms with Crippen molar-refractivity contribution in [3.05, 3.63) is 77.9 Å². The van der Waals surface area contributed by atoms with E-state index < -0.39 is 0 Å². The molecule has 0 bridgehead atoms. The van der Waals surface area contributed by atoms with Crippen LogP contribution in [0.5, 0.6) is 5.75 Å². The van der Waals surface area contributed by atoms with Gasteiger partial charge in [0.2, 0.25) is 5.91 Å². The van der Waals surface area contributed by atoms with Crippen LogP contribution in [0.3, 0.4) is 0 Å². The fourth-order valence-corrected chi connectivity index (χ4v) is 2.48.